The third-order valence-electron chi connectivity index (χ3n) is 7.66. The van der Waals surface area contributed by atoms with Crippen molar-refractivity contribution in [1.29, 1.82) is 0 Å². The summed E-state index contributed by atoms with van der Waals surface area (Å²) in [4.78, 5) is 25.1. The summed E-state index contributed by atoms with van der Waals surface area (Å²) in [5.41, 5.74) is -4.35. The average molecular weight is 997 g/mol. The Morgan fingerprint density at radius 2 is 1.24 bits per heavy atom. The molecule has 8 N–H and O–H groups in total. The normalized spacial score (nSPS) is 12.5. The van der Waals surface area contributed by atoms with Gasteiger partial charge in [-0.3, -0.25) is 23.2 Å². The number of carboxylic acid groups (broad SMARTS) is 1. The number of aromatic hydroxyl groups is 1. The zero-order chi connectivity index (χ0) is 41.8. The van der Waals surface area contributed by atoms with E-state index in [0.29, 0.717) is 29.7 Å². The van der Waals surface area contributed by atoms with E-state index in [2.05, 4.69) is 35.2 Å². The van der Waals surface area contributed by atoms with Gasteiger partial charge >= 0.3 is 5.97 Å². The number of halogens is 1. The predicted molar refractivity (Wildman–Crippen MR) is 224 cm³/mol. The molecule has 22 nitrogen and oxygen atoms in total. The first-order valence-electron chi connectivity index (χ1n) is 14.9. The average Bonchev–Trinajstić information content (AvgIpc) is 3.08. The molecule has 32 heteroatoms. The fraction of sp³-hybridized carbons (Fsp3) is 0. The monoisotopic (exact) mass is 996 g/mol. The number of aromatic nitrogens is 3. The van der Waals surface area contributed by atoms with Crippen LogP contribution in [-0.4, -0.2) is 231 Å². The van der Waals surface area contributed by atoms with Gasteiger partial charge in [-0.2, -0.15) is 38.7 Å². The standard InChI is InChI=1S/C30H20ClN7O15S4.5Na/c31-28-34-29(32-19-8-6-15(54(42,43)44)11-18(19)27(40)41)36-30(35-28)33-21-12-16(55(45,46)47)9-14-10-22(56(48,49)50)24(25(39)23(14)21)38-37-20-7-5-13-3-1-2-4-17(13)26(20)57(51,52)53;;;;;/h1-12,39H,(H,40,41)(H,42,43,44)(H,45,46,47)(H,48,49,50)(H,51,52,53)(H2,32,33,34,35,36);;;;;. The van der Waals surface area contributed by atoms with E-state index in [0.717, 1.165) is 18.2 Å². The number of aromatic carboxylic acids is 1. The Kier molecular flexibility index (Phi) is 21.6. The molecule has 0 aliphatic carbocycles. The van der Waals surface area contributed by atoms with E-state index in [9.17, 15) is 66.9 Å². The number of nitrogens with zero attached hydrogens (tertiary/aromatic N) is 5. The van der Waals surface area contributed by atoms with Crippen LogP contribution in [0.4, 0.5) is 22.7 Å². The summed E-state index contributed by atoms with van der Waals surface area (Å²) in [5, 5.41) is 27.4. The second-order valence-electron chi connectivity index (χ2n) is 11.4. The maximum absolute atomic E-state index is 12.6. The predicted octanol–water partition coefficient (Wildman–Crippen LogP) is 2.06. The van der Waals surface area contributed by atoms with Crippen molar-refractivity contribution in [2.75, 3.05) is 0 Å². The van der Waals surface area contributed by atoms with Crippen LogP contribution in [0.15, 0.2) is 113 Å². The molecule has 62 heavy (non-hydrogen) atoms. The van der Waals surface area contributed by atoms with E-state index < -0.39 is 127 Å². The van der Waals surface area contributed by atoms with Crippen molar-refractivity contribution >= 4 is 250 Å². The number of benzene rings is 5. The first-order valence-corrected chi connectivity index (χ1v) is 21.1. The largest absolute Gasteiger partial charge is 0.505 e. The number of hydrogen-bond donors (Lipinski definition) is 8. The van der Waals surface area contributed by atoms with Crippen LogP contribution in [0.1, 0.15) is 10.4 Å². The summed E-state index contributed by atoms with van der Waals surface area (Å²) in [6, 6.07) is 12.7. The zero-order valence-corrected chi connectivity index (χ0v) is 46.6. The maximum Gasteiger partial charge on any atom is 0.337 e. The van der Waals surface area contributed by atoms with E-state index in [4.69, 9.17) is 11.6 Å². The number of carboxylic acids is 1. The molecule has 0 aliphatic heterocycles. The molecular formula is C30H20ClN7Na5O15S4. The van der Waals surface area contributed by atoms with E-state index in [1.807, 2.05) is 0 Å². The number of aromatic amines is 2. The Morgan fingerprint density at radius 1 is 0.629 bits per heavy atom. The van der Waals surface area contributed by atoms with Crippen LogP contribution >= 0.6 is 11.6 Å². The summed E-state index contributed by atoms with van der Waals surface area (Å²) in [6.45, 7) is 0. The minimum absolute atomic E-state index is 0. The van der Waals surface area contributed by atoms with Crippen LogP contribution in [0, 0.1) is 0 Å². The van der Waals surface area contributed by atoms with Gasteiger partial charge in [0.1, 0.15) is 21.2 Å². The van der Waals surface area contributed by atoms with Crippen LogP contribution in [0.5, 0.6) is 5.75 Å². The van der Waals surface area contributed by atoms with Crippen molar-refractivity contribution in [3.63, 3.8) is 0 Å². The Labute approximate surface area is 465 Å². The second-order valence-corrected chi connectivity index (χ2v) is 17.3. The van der Waals surface area contributed by atoms with Gasteiger partial charge in [0.25, 0.3) is 40.5 Å². The smallest absolute Gasteiger partial charge is 0.337 e. The van der Waals surface area contributed by atoms with Crippen LogP contribution < -0.4 is 11.2 Å². The topological polar surface area (TPSA) is 369 Å². The number of phenols is 1. The number of H-pyrrole nitrogens is 2. The molecule has 0 spiro atoms. The molecule has 0 bridgehead atoms. The molecule has 6 aromatic rings. The maximum atomic E-state index is 12.6. The molecule has 301 valence electrons. The van der Waals surface area contributed by atoms with E-state index in [1.165, 1.54) is 24.3 Å². The van der Waals surface area contributed by atoms with Gasteiger partial charge in [-0.15, -0.1) is 10.2 Å². The SMILES string of the molecule is O=C(O)c1cc(S(=O)(=O)O)ccc1N=c1nc(Cl)[nH]c(=Nc2cc(S(=O)(=O)O)cc3cc(S(=O)(=O)O)c(N=Nc4ccc5ccccc5c4S(=O)(=O)O)c(O)c23)[nH]1.[Na].[Na].[Na].[Na].[Na]. The Balaban J connectivity index is 0.00000384. The second kappa shape index (κ2) is 22.7. The molecule has 0 saturated carbocycles. The Hall–Kier alpha value is -0.970. The summed E-state index contributed by atoms with van der Waals surface area (Å²) in [7, 11) is -20.3. The number of fused-ring (bicyclic) bond motifs is 2. The molecule has 5 radical (unpaired) electrons. The third-order valence-corrected chi connectivity index (χ3v) is 11.3. The van der Waals surface area contributed by atoms with Crippen molar-refractivity contribution in [3.05, 3.63) is 94.9 Å². The van der Waals surface area contributed by atoms with Crippen molar-refractivity contribution in [1.82, 2.24) is 15.0 Å². The first kappa shape index (κ1) is 59.0. The van der Waals surface area contributed by atoms with E-state index in [-0.39, 0.29) is 153 Å². The molecule has 0 saturated heterocycles. The van der Waals surface area contributed by atoms with E-state index >= 15 is 0 Å². The molecule has 1 heterocycles. The summed E-state index contributed by atoms with van der Waals surface area (Å²) >= 11 is 6.10. The van der Waals surface area contributed by atoms with Gasteiger partial charge in [0, 0.05) is 153 Å². The number of hydrogen-bond acceptors (Lipinski definition) is 15. The number of rotatable bonds is 9. The van der Waals surface area contributed by atoms with Crippen molar-refractivity contribution in [3.8, 4) is 5.75 Å². The van der Waals surface area contributed by atoms with Gasteiger partial charge in [-0.05, 0) is 64.8 Å². The molecule has 6 rings (SSSR count). The third kappa shape index (κ3) is 13.6. The molecule has 5 aromatic carbocycles. The molecule has 1 aromatic heterocycles. The summed E-state index contributed by atoms with van der Waals surface area (Å²) in [5.74, 6) is -2.83. The number of azo groups is 1. The Morgan fingerprint density at radius 3 is 1.82 bits per heavy atom. The first-order chi connectivity index (χ1) is 26.4. The minimum atomic E-state index is -5.37. The van der Waals surface area contributed by atoms with Gasteiger partial charge in [-0.1, -0.05) is 30.3 Å². The van der Waals surface area contributed by atoms with Crippen molar-refractivity contribution < 1.29 is 66.9 Å². The Bertz CT molecular complexity index is 3390. The summed E-state index contributed by atoms with van der Waals surface area (Å²) < 4.78 is 137. The summed E-state index contributed by atoms with van der Waals surface area (Å²) in [6.07, 6.45) is 0. The quantitative estimate of drug-likeness (QED) is 0.0584. The van der Waals surface area contributed by atoms with Crippen LogP contribution in [0.2, 0.25) is 5.28 Å². The fourth-order valence-corrected chi connectivity index (χ4v) is 8.03. The van der Waals surface area contributed by atoms with Gasteiger partial charge in [0.05, 0.1) is 32.1 Å². The van der Waals surface area contributed by atoms with Gasteiger partial charge in [-0.25, -0.2) is 14.8 Å². The number of phenolic OH excluding ortho intramolecular Hbond substituents is 1. The van der Waals surface area contributed by atoms with Gasteiger partial charge in [0.15, 0.2) is 5.75 Å². The molecule has 0 unspecified atom stereocenters. The molecule has 0 atom stereocenters. The van der Waals surface area contributed by atoms with E-state index in [1.54, 1.807) is 6.07 Å². The van der Waals surface area contributed by atoms with Crippen LogP contribution in [-0.2, 0) is 40.5 Å². The van der Waals surface area contributed by atoms with Crippen LogP contribution in [0.25, 0.3) is 21.5 Å². The van der Waals surface area contributed by atoms with Gasteiger partial charge < -0.3 is 15.2 Å². The molecule has 0 fully saturated rings. The number of nitrogens with one attached hydrogen (secondary N) is 2. The zero-order valence-electron chi connectivity index (χ0n) is 32.5. The van der Waals surface area contributed by atoms with Gasteiger partial charge in [0.2, 0.25) is 16.5 Å². The van der Waals surface area contributed by atoms with Crippen LogP contribution in [0.3, 0.4) is 0 Å². The molecule has 0 amide bonds. The van der Waals surface area contributed by atoms with Crippen molar-refractivity contribution in [2.24, 2.45) is 20.2 Å². The fourth-order valence-electron chi connectivity index (χ4n) is 5.33. The molecular weight excluding hydrogens is 977 g/mol. The van der Waals surface area contributed by atoms with Crippen molar-refractivity contribution in [2.45, 2.75) is 19.6 Å². The minimum Gasteiger partial charge on any atom is -0.505 e. The molecule has 0 aliphatic rings. The number of carbonyl (C=O) groups is 1.